The van der Waals surface area contributed by atoms with Gasteiger partial charge in [-0.3, -0.25) is 4.90 Å². The van der Waals surface area contributed by atoms with Crippen molar-refractivity contribution < 1.29 is 14.6 Å². The highest BCUT2D eigenvalue weighted by Crippen LogP contribution is 2.25. The van der Waals surface area contributed by atoms with Gasteiger partial charge in [0.2, 0.25) is 5.95 Å². The number of nitrogens with zero attached hydrogens (tertiary/aromatic N) is 3. The minimum Gasteiger partial charge on any atom is -0.492 e. The van der Waals surface area contributed by atoms with Crippen molar-refractivity contribution >= 4 is 11.6 Å². The fourth-order valence-corrected chi connectivity index (χ4v) is 4.10. The number of nitrogens with one attached hydrogen (secondary N) is 1. The number of hydrogen-bond acceptors (Lipinski definition) is 7. The van der Waals surface area contributed by atoms with Crippen molar-refractivity contribution in [3.8, 4) is 17.0 Å². The number of anilines is 2. The first kappa shape index (κ1) is 24.9. The monoisotopic (exact) mass is 474 g/mol. The summed E-state index contributed by atoms with van der Waals surface area (Å²) in [5.74, 6) is 1.45. The van der Waals surface area contributed by atoms with Crippen molar-refractivity contribution in [1.82, 2.24) is 14.9 Å². The van der Waals surface area contributed by atoms with Crippen molar-refractivity contribution in [2.45, 2.75) is 26.4 Å². The lowest BCUT2D eigenvalue weighted by Crippen LogP contribution is -2.25. The molecule has 1 saturated heterocycles. The summed E-state index contributed by atoms with van der Waals surface area (Å²) in [6.45, 7) is 7.10. The number of hydrogen-bond donors (Lipinski definition) is 2. The molecule has 35 heavy (non-hydrogen) atoms. The van der Waals surface area contributed by atoms with Gasteiger partial charge >= 0.3 is 0 Å². The Bertz CT molecular complexity index is 1110. The lowest BCUT2D eigenvalue weighted by atomic mass is 10.1. The van der Waals surface area contributed by atoms with Gasteiger partial charge in [-0.25, -0.2) is 9.97 Å². The number of rotatable bonds is 12. The van der Waals surface area contributed by atoms with E-state index in [0.717, 1.165) is 40.4 Å². The van der Waals surface area contributed by atoms with Crippen LogP contribution >= 0.6 is 0 Å². The Morgan fingerprint density at radius 1 is 1.09 bits per heavy atom. The number of likely N-dealkylation sites (tertiary alicyclic amines) is 1. The average molecular weight is 475 g/mol. The first-order chi connectivity index (χ1) is 17.2. The minimum atomic E-state index is 0.0271. The van der Waals surface area contributed by atoms with Gasteiger partial charge in [-0.2, -0.15) is 0 Å². The van der Waals surface area contributed by atoms with E-state index in [9.17, 15) is 0 Å². The van der Waals surface area contributed by atoms with Crippen LogP contribution in [0, 0.1) is 6.92 Å². The third-order valence-electron chi connectivity index (χ3n) is 5.93. The van der Waals surface area contributed by atoms with Crippen LogP contribution in [0.1, 0.15) is 24.0 Å². The minimum absolute atomic E-state index is 0.0271. The van der Waals surface area contributed by atoms with Crippen molar-refractivity contribution in [3.05, 3.63) is 78.0 Å². The first-order valence-corrected chi connectivity index (χ1v) is 12.2. The van der Waals surface area contributed by atoms with E-state index in [0.29, 0.717) is 25.8 Å². The van der Waals surface area contributed by atoms with Gasteiger partial charge in [-0.1, -0.05) is 30.4 Å². The van der Waals surface area contributed by atoms with Gasteiger partial charge in [0.1, 0.15) is 12.4 Å². The predicted molar refractivity (Wildman–Crippen MR) is 139 cm³/mol. The van der Waals surface area contributed by atoms with Gasteiger partial charge in [0.25, 0.3) is 0 Å². The zero-order valence-corrected chi connectivity index (χ0v) is 20.3. The lowest BCUT2D eigenvalue weighted by Gasteiger charge is -2.16. The van der Waals surface area contributed by atoms with E-state index in [4.69, 9.17) is 19.6 Å². The van der Waals surface area contributed by atoms with E-state index >= 15 is 0 Å². The quantitative estimate of drug-likeness (QED) is 0.290. The summed E-state index contributed by atoms with van der Waals surface area (Å²) in [6, 6.07) is 16.1. The normalized spacial score (nSPS) is 14.0. The maximum atomic E-state index is 8.78. The largest absolute Gasteiger partial charge is 0.492 e. The molecule has 184 valence electrons. The second kappa shape index (κ2) is 13.0. The van der Waals surface area contributed by atoms with Gasteiger partial charge in [-0.15, -0.1) is 0 Å². The van der Waals surface area contributed by atoms with E-state index in [1.807, 2.05) is 36.4 Å². The number of aliphatic hydroxyl groups is 1. The third kappa shape index (κ3) is 7.62. The van der Waals surface area contributed by atoms with E-state index in [-0.39, 0.29) is 6.61 Å². The molecule has 0 radical (unpaired) electrons. The molecule has 1 aliphatic rings. The van der Waals surface area contributed by atoms with E-state index in [2.05, 4.69) is 34.3 Å². The Hall–Kier alpha value is -3.26. The Morgan fingerprint density at radius 3 is 2.80 bits per heavy atom. The van der Waals surface area contributed by atoms with Gasteiger partial charge < -0.3 is 19.9 Å². The molecule has 0 saturated carbocycles. The molecule has 3 aromatic rings. The molecule has 0 aliphatic carbocycles. The second-order valence-electron chi connectivity index (χ2n) is 8.64. The average Bonchev–Trinajstić information content (AvgIpc) is 3.39. The fourth-order valence-electron chi connectivity index (χ4n) is 4.10. The Morgan fingerprint density at radius 2 is 1.97 bits per heavy atom. The van der Waals surface area contributed by atoms with E-state index in [1.54, 1.807) is 18.3 Å². The maximum absolute atomic E-state index is 8.78. The number of ether oxygens (including phenoxy) is 2. The van der Waals surface area contributed by atoms with Crippen LogP contribution < -0.4 is 10.1 Å². The highest BCUT2D eigenvalue weighted by molar-refractivity contribution is 5.63. The molecule has 2 aromatic carbocycles. The molecule has 0 atom stereocenters. The number of benzene rings is 2. The number of aromatic nitrogens is 2. The predicted octanol–water partition coefficient (Wildman–Crippen LogP) is 4.74. The van der Waals surface area contributed by atoms with Crippen LogP contribution in [-0.4, -0.2) is 59.4 Å². The molecule has 0 bridgehead atoms. The van der Waals surface area contributed by atoms with Crippen molar-refractivity contribution in [3.63, 3.8) is 0 Å². The SMILES string of the molecule is Cc1cc(Nc2nccc(-c3cccc(COC/C=C/CO)c3)n2)ccc1OCCN1CCCC1. The molecule has 2 N–H and O–H groups in total. The second-order valence-corrected chi connectivity index (χ2v) is 8.64. The van der Waals surface area contributed by atoms with Crippen LogP contribution in [0.4, 0.5) is 11.6 Å². The van der Waals surface area contributed by atoms with Crippen LogP contribution in [0.15, 0.2) is 66.9 Å². The summed E-state index contributed by atoms with van der Waals surface area (Å²) >= 11 is 0. The summed E-state index contributed by atoms with van der Waals surface area (Å²) in [5.41, 5.74) is 4.89. The number of aliphatic hydroxyl groups excluding tert-OH is 1. The van der Waals surface area contributed by atoms with E-state index < -0.39 is 0 Å². The van der Waals surface area contributed by atoms with Crippen LogP contribution in [0.2, 0.25) is 0 Å². The van der Waals surface area contributed by atoms with Crippen molar-refractivity contribution in [2.75, 3.05) is 44.8 Å². The molecular formula is C28H34N4O3. The molecule has 7 heteroatoms. The third-order valence-corrected chi connectivity index (χ3v) is 5.93. The molecular weight excluding hydrogens is 440 g/mol. The molecule has 1 aliphatic heterocycles. The van der Waals surface area contributed by atoms with Crippen LogP contribution in [0.3, 0.4) is 0 Å². The first-order valence-electron chi connectivity index (χ1n) is 12.2. The summed E-state index contributed by atoms with van der Waals surface area (Å²) in [6.07, 6.45) is 7.83. The summed E-state index contributed by atoms with van der Waals surface area (Å²) in [4.78, 5) is 11.6. The van der Waals surface area contributed by atoms with Crippen LogP contribution in [0.5, 0.6) is 5.75 Å². The zero-order chi connectivity index (χ0) is 24.3. The summed E-state index contributed by atoms with van der Waals surface area (Å²) in [7, 11) is 0. The maximum Gasteiger partial charge on any atom is 0.227 e. The molecule has 0 amide bonds. The van der Waals surface area contributed by atoms with Crippen molar-refractivity contribution in [2.24, 2.45) is 0 Å². The summed E-state index contributed by atoms with van der Waals surface area (Å²) < 4.78 is 11.6. The van der Waals surface area contributed by atoms with E-state index in [1.165, 1.54) is 25.9 Å². The Balaban J connectivity index is 1.35. The highest BCUT2D eigenvalue weighted by atomic mass is 16.5. The van der Waals surface area contributed by atoms with Gasteiger partial charge in [0.15, 0.2) is 0 Å². The number of aryl methyl sites for hydroxylation is 1. The molecule has 7 nitrogen and oxygen atoms in total. The summed E-state index contributed by atoms with van der Waals surface area (Å²) in [5, 5.41) is 12.1. The fraction of sp³-hybridized carbons (Fsp3) is 0.357. The molecule has 1 fully saturated rings. The standard InChI is InChI=1S/C28H34N4O3/c1-22-19-25(9-10-27(22)35-18-15-32-13-2-3-14-32)30-28-29-12-11-26(31-28)24-8-6-7-23(20-24)21-34-17-5-4-16-33/h4-12,19-20,33H,2-3,13-18,21H2,1H3,(H,29,30,31)/b5-4+. The topological polar surface area (TPSA) is 79.7 Å². The Labute approximate surface area is 207 Å². The smallest absolute Gasteiger partial charge is 0.227 e. The van der Waals surface area contributed by atoms with Crippen molar-refractivity contribution in [1.29, 1.82) is 0 Å². The lowest BCUT2D eigenvalue weighted by molar-refractivity contribution is 0.148. The van der Waals surface area contributed by atoms with Gasteiger partial charge in [-0.05, 0) is 74.3 Å². The van der Waals surface area contributed by atoms with Crippen LogP contribution in [-0.2, 0) is 11.3 Å². The van der Waals surface area contributed by atoms with Gasteiger partial charge in [0, 0.05) is 24.0 Å². The highest BCUT2D eigenvalue weighted by Gasteiger charge is 2.11. The zero-order valence-electron chi connectivity index (χ0n) is 20.3. The molecule has 1 aromatic heterocycles. The molecule has 2 heterocycles. The molecule has 4 rings (SSSR count). The van der Waals surface area contributed by atoms with Crippen LogP contribution in [0.25, 0.3) is 11.3 Å². The Kier molecular flexibility index (Phi) is 9.23. The molecule has 0 unspecified atom stereocenters. The molecule has 0 spiro atoms. The van der Waals surface area contributed by atoms with Gasteiger partial charge in [0.05, 0.1) is 25.5 Å².